The van der Waals surface area contributed by atoms with Crippen LogP contribution >= 0.6 is 38.9 Å². The van der Waals surface area contributed by atoms with E-state index < -0.39 is 0 Å². The predicted molar refractivity (Wildman–Crippen MR) is 94.1 cm³/mol. The van der Waals surface area contributed by atoms with Crippen LogP contribution in [0.3, 0.4) is 0 Å². The van der Waals surface area contributed by atoms with E-state index in [1.165, 1.54) is 4.88 Å². The lowest BCUT2D eigenvalue weighted by Gasteiger charge is -2.13. The van der Waals surface area contributed by atoms with Crippen molar-refractivity contribution in [2.75, 3.05) is 26.0 Å². The number of methoxy groups -OCH3 is 1. The number of anilines is 1. The number of nitrogens with one attached hydrogen (secondary N) is 2. The molecule has 7 heteroatoms. The Morgan fingerprint density at radius 3 is 2.77 bits per heavy atom. The Labute approximate surface area is 147 Å². The van der Waals surface area contributed by atoms with E-state index in [1.807, 2.05) is 13.1 Å². The molecule has 118 valence electrons. The molecule has 4 nitrogen and oxygen atoms in total. The van der Waals surface area contributed by atoms with Gasteiger partial charge in [0.15, 0.2) is 6.54 Å². The summed E-state index contributed by atoms with van der Waals surface area (Å²) < 4.78 is 6.19. The van der Waals surface area contributed by atoms with Crippen molar-refractivity contribution in [3.05, 3.63) is 44.0 Å². The van der Waals surface area contributed by atoms with Gasteiger partial charge < -0.3 is 15.0 Å². The predicted octanol–water partition coefficient (Wildman–Crippen LogP) is 2.83. The quantitative estimate of drug-likeness (QED) is 0.777. The average molecular weight is 405 g/mol. The summed E-state index contributed by atoms with van der Waals surface area (Å²) in [6.45, 7) is 1.20. The third-order valence-corrected chi connectivity index (χ3v) is 4.92. The SMILES string of the molecule is COc1ccc(NC(=O)C[NH+](C)Cc2ccc(Br)s2)cc1Cl. The summed E-state index contributed by atoms with van der Waals surface area (Å²) in [6.07, 6.45) is 0. The Morgan fingerprint density at radius 2 is 2.18 bits per heavy atom. The van der Waals surface area contributed by atoms with E-state index in [0.717, 1.165) is 15.2 Å². The second-order valence-electron chi connectivity index (χ2n) is 4.91. The van der Waals surface area contributed by atoms with Crippen LogP contribution in [0.25, 0.3) is 0 Å². The maximum Gasteiger partial charge on any atom is 0.279 e. The number of carbonyl (C=O) groups is 1. The normalized spacial score (nSPS) is 12.0. The van der Waals surface area contributed by atoms with Crippen molar-refractivity contribution in [1.29, 1.82) is 0 Å². The summed E-state index contributed by atoms with van der Waals surface area (Å²) in [7, 11) is 3.55. The Morgan fingerprint density at radius 1 is 1.41 bits per heavy atom. The maximum absolute atomic E-state index is 12.1. The number of carbonyl (C=O) groups excluding carboxylic acids is 1. The second-order valence-corrected chi connectivity index (χ2v) is 7.87. The summed E-state index contributed by atoms with van der Waals surface area (Å²) in [5.74, 6) is 0.542. The molecule has 0 bridgehead atoms. The Kier molecular flexibility index (Phi) is 6.26. The van der Waals surface area contributed by atoms with Crippen LogP contribution in [0.4, 0.5) is 5.69 Å². The van der Waals surface area contributed by atoms with E-state index in [2.05, 4.69) is 27.3 Å². The van der Waals surface area contributed by atoms with Gasteiger partial charge in [0.1, 0.15) is 12.3 Å². The largest absolute Gasteiger partial charge is 0.495 e. The number of benzene rings is 1. The molecule has 1 unspecified atom stereocenters. The van der Waals surface area contributed by atoms with Gasteiger partial charge in [0.25, 0.3) is 5.91 Å². The molecule has 2 aromatic rings. The molecule has 1 aromatic heterocycles. The molecule has 1 amide bonds. The molecule has 1 heterocycles. The first kappa shape index (κ1) is 17.3. The molecular formula is C15H17BrClN2O2S+. The fourth-order valence-electron chi connectivity index (χ4n) is 2.03. The van der Waals surface area contributed by atoms with E-state index in [9.17, 15) is 4.79 Å². The van der Waals surface area contributed by atoms with E-state index >= 15 is 0 Å². The standard InChI is InChI=1S/C15H16BrClN2O2S/c1-19(8-11-4-6-14(16)22-11)9-15(20)18-10-3-5-13(21-2)12(17)7-10/h3-7H,8-9H2,1-2H3,(H,18,20)/p+1. The Hall–Kier alpha value is -1.08. The molecule has 0 aliphatic carbocycles. The van der Waals surface area contributed by atoms with E-state index in [-0.39, 0.29) is 5.91 Å². The minimum atomic E-state index is -0.0469. The summed E-state index contributed by atoms with van der Waals surface area (Å²) in [5, 5.41) is 3.33. The molecule has 2 N–H and O–H groups in total. The number of likely N-dealkylation sites (N-methyl/N-ethyl adjacent to an activating group) is 1. The maximum atomic E-state index is 12.1. The highest BCUT2D eigenvalue weighted by atomic mass is 79.9. The summed E-state index contributed by atoms with van der Waals surface area (Å²) >= 11 is 11.2. The lowest BCUT2D eigenvalue weighted by atomic mass is 10.3. The van der Waals surface area contributed by atoms with Gasteiger partial charge in [0, 0.05) is 5.69 Å². The molecule has 0 radical (unpaired) electrons. The Bertz CT molecular complexity index is 663. The molecular weight excluding hydrogens is 388 g/mol. The van der Waals surface area contributed by atoms with Crippen molar-refractivity contribution >= 4 is 50.5 Å². The zero-order valence-corrected chi connectivity index (χ0v) is 15.4. The van der Waals surface area contributed by atoms with Gasteiger partial charge in [-0.1, -0.05) is 11.6 Å². The lowest BCUT2D eigenvalue weighted by Crippen LogP contribution is -3.08. The number of ether oxygens (including phenoxy) is 1. The third-order valence-electron chi connectivity index (χ3n) is 3.00. The molecule has 1 aromatic carbocycles. The van der Waals surface area contributed by atoms with Gasteiger partial charge in [-0.2, -0.15) is 0 Å². The van der Waals surface area contributed by atoms with Crippen molar-refractivity contribution in [1.82, 2.24) is 0 Å². The molecule has 1 atom stereocenters. The van der Waals surface area contributed by atoms with Gasteiger partial charge in [-0.25, -0.2) is 0 Å². The number of hydrogen-bond donors (Lipinski definition) is 2. The number of halogens is 2. The second kappa shape index (κ2) is 7.97. The van der Waals surface area contributed by atoms with E-state index in [4.69, 9.17) is 16.3 Å². The van der Waals surface area contributed by atoms with E-state index in [0.29, 0.717) is 23.0 Å². The third kappa shape index (κ3) is 4.98. The van der Waals surface area contributed by atoms with Crippen LogP contribution in [-0.4, -0.2) is 26.6 Å². The summed E-state index contributed by atoms with van der Waals surface area (Å²) in [6, 6.07) is 9.28. The fraction of sp³-hybridized carbons (Fsp3) is 0.267. The van der Waals surface area contributed by atoms with E-state index in [1.54, 1.807) is 36.6 Å². The van der Waals surface area contributed by atoms with Gasteiger partial charge in [-0.15, -0.1) is 11.3 Å². The first-order valence-electron chi connectivity index (χ1n) is 6.67. The van der Waals surface area contributed by atoms with Gasteiger partial charge in [-0.05, 0) is 46.3 Å². The molecule has 0 fully saturated rings. The average Bonchev–Trinajstić information content (AvgIpc) is 2.83. The minimum absolute atomic E-state index is 0.0469. The molecule has 0 saturated carbocycles. The number of amides is 1. The van der Waals surface area contributed by atoms with Crippen molar-refractivity contribution in [2.45, 2.75) is 6.54 Å². The first-order chi connectivity index (χ1) is 10.5. The lowest BCUT2D eigenvalue weighted by molar-refractivity contribution is -0.884. The zero-order chi connectivity index (χ0) is 16.1. The number of thiophene rings is 1. The van der Waals surface area contributed by atoms with Crippen LogP contribution in [0, 0.1) is 0 Å². The highest BCUT2D eigenvalue weighted by molar-refractivity contribution is 9.11. The Balaban J connectivity index is 1.88. The van der Waals surface area contributed by atoms with Crippen LogP contribution in [0.1, 0.15) is 4.88 Å². The van der Waals surface area contributed by atoms with Gasteiger partial charge >= 0.3 is 0 Å². The minimum Gasteiger partial charge on any atom is -0.495 e. The molecule has 22 heavy (non-hydrogen) atoms. The van der Waals surface area contributed by atoms with Crippen LogP contribution in [0.5, 0.6) is 5.75 Å². The highest BCUT2D eigenvalue weighted by Gasteiger charge is 2.12. The smallest absolute Gasteiger partial charge is 0.279 e. The van der Waals surface area contributed by atoms with Gasteiger partial charge in [-0.3, -0.25) is 4.79 Å². The molecule has 0 aliphatic rings. The molecule has 0 aliphatic heterocycles. The van der Waals surface area contributed by atoms with Crippen molar-refractivity contribution in [2.24, 2.45) is 0 Å². The van der Waals surface area contributed by atoms with Gasteiger partial charge in [0.2, 0.25) is 0 Å². The van der Waals surface area contributed by atoms with Crippen LogP contribution < -0.4 is 15.0 Å². The molecule has 0 spiro atoms. The van der Waals surface area contributed by atoms with Crippen LogP contribution in [-0.2, 0) is 11.3 Å². The van der Waals surface area contributed by atoms with Crippen molar-refractivity contribution < 1.29 is 14.4 Å². The number of quaternary nitrogens is 1. The van der Waals surface area contributed by atoms with Crippen LogP contribution in [0.2, 0.25) is 5.02 Å². The van der Waals surface area contributed by atoms with Gasteiger partial charge in [0.05, 0.1) is 27.8 Å². The molecule has 2 rings (SSSR count). The number of hydrogen-bond acceptors (Lipinski definition) is 3. The number of rotatable bonds is 6. The summed E-state index contributed by atoms with van der Waals surface area (Å²) in [4.78, 5) is 14.4. The topological polar surface area (TPSA) is 42.8 Å². The molecule has 0 saturated heterocycles. The fourth-order valence-corrected chi connectivity index (χ4v) is 3.88. The summed E-state index contributed by atoms with van der Waals surface area (Å²) in [5.41, 5.74) is 0.669. The first-order valence-corrected chi connectivity index (χ1v) is 8.65. The van der Waals surface area contributed by atoms with Crippen LogP contribution in [0.15, 0.2) is 34.1 Å². The van der Waals surface area contributed by atoms with Crippen molar-refractivity contribution in [3.8, 4) is 5.75 Å². The van der Waals surface area contributed by atoms with Crippen molar-refractivity contribution in [3.63, 3.8) is 0 Å². The zero-order valence-electron chi connectivity index (χ0n) is 12.3. The monoisotopic (exact) mass is 403 g/mol. The highest BCUT2D eigenvalue weighted by Crippen LogP contribution is 2.27.